The highest BCUT2D eigenvalue weighted by atomic mass is 15.1. The maximum absolute atomic E-state index is 4.79. The number of benzene rings is 9. The zero-order valence-corrected chi connectivity index (χ0v) is 48.2. The molecule has 9 aromatic carbocycles. The van der Waals surface area contributed by atoms with E-state index < -0.39 is 0 Å². The normalized spacial score (nSPS) is 11.9. The fourth-order valence-electron chi connectivity index (χ4n) is 14.3. The molecule has 89 heavy (non-hydrogen) atoms. The van der Waals surface area contributed by atoms with E-state index >= 15 is 0 Å². The second-order valence-corrected chi connectivity index (χ2v) is 22.9. The Morgan fingerprint density at radius 2 is 0.427 bits per heavy atom. The highest BCUT2D eigenvalue weighted by Gasteiger charge is 2.34. The molecular weight excluding hydrogens is 1090 g/mol. The van der Waals surface area contributed by atoms with Crippen LogP contribution in [0.1, 0.15) is 5.56 Å². The predicted octanol–water partition coefficient (Wildman–Crippen LogP) is 19.7. The summed E-state index contributed by atoms with van der Waals surface area (Å²) in [6.07, 6.45) is 18.9. The average Bonchev–Trinajstić information content (AvgIpc) is 1.64. The Balaban J connectivity index is 1.11. The molecule has 0 aliphatic carbocycles. The molecule has 0 bridgehead atoms. The molecule has 0 N–H and O–H groups in total. The summed E-state index contributed by atoms with van der Waals surface area (Å²) >= 11 is 0. The third kappa shape index (κ3) is 7.72. The Bertz CT molecular complexity index is 5210. The molecule has 9 heteroatoms. The van der Waals surface area contributed by atoms with Crippen LogP contribution >= 0.6 is 0 Å². The first kappa shape index (κ1) is 50.3. The Hall–Kier alpha value is -12.1. The lowest BCUT2D eigenvalue weighted by Crippen LogP contribution is -2.16. The largest absolute Gasteiger partial charge is 0.307 e. The first-order valence-electron chi connectivity index (χ1n) is 30.0. The first-order chi connectivity index (χ1) is 44.1. The van der Waals surface area contributed by atoms with Crippen LogP contribution in [-0.2, 0) is 0 Å². The smallest absolute Gasteiger partial charge is 0.0807 e. The number of rotatable bonds is 9. The van der Waals surface area contributed by atoms with Crippen molar-refractivity contribution in [1.82, 2.24) is 43.2 Å². The number of hydrogen-bond acceptors (Lipinski definition) is 5. The van der Waals surface area contributed by atoms with Crippen LogP contribution in [0, 0.1) is 6.92 Å². The highest BCUT2D eigenvalue weighted by molar-refractivity contribution is 6.18. The molecule has 0 aliphatic heterocycles. The molecule has 416 valence electrons. The van der Waals surface area contributed by atoms with Gasteiger partial charge in [-0.05, 0) is 190 Å². The minimum absolute atomic E-state index is 1.00. The number of para-hydroxylation sites is 4. The molecule has 0 saturated carbocycles. The monoisotopic (exact) mass is 1140 g/mol. The van der Waals surface area contributed by atoms with Crippen molar-refractivity contribution in [2.24, 2.45) is 0 Å². The molecule has 0 aliphatic rings. The molecule has 9 aromatic heterocycles. The summed E-state index contributed by atoms with van der Waals surface area (Å²) in [6.45, 7) is 2.37. The van der Waals surface area contributed by atoms with Crippen molar-refractivity contribution in [3.63, 3.8) is 0 Å². The molecule has 0 saturated heterocycles. The first-order valence-corrected chi connectivity index (χ1v) is 30.0. The van der Waals surface area contributed by atoms with E-state index in [-0.39, 0.29) is 0 Å². The van der Waals surface area contributed by atoms with Gasteiger partial charge in [-0.3, -0.25) is 24.9 Å². The third-order valence-corrected chi connectivity index (χ3v) is 18.2. The number of hydrogen-bond donors (Lipinski definition) is 0. The molecule has 9 nitrogen and oxygen atoms in total. The molecule has 9 heterocycles. The minimum Gasteiger partial charge on any atom is -0.307 e. The summed E-state index contributed by atoms with van der Waals surface area (Å²) in [5, 5.41) is 9.16. The fraction of sp³-hybridized carbons (Fsp3) is 0.0125. The van der Waals surface area contributed by atoms with Crippen LogP contribution in [0.2, 0.25) is 0 Å². The summed E-state index contributed by atoms with van der Waals surface area (Å²) in [6, 6.07) is 84.8. The van der Waals surface area contributed by atoms with Crippen molar-refractivity contribution in [2.45, 2.75) is 6.92 Å². The van der Waals surface area contributed by atoms with Gasteiger partial charge in [0.25, 0.3) is 0 Å². The Morgan fingerprint density at radius 3 is 0.697 bits per heavy atom. The second-order valence-electron chi connectivity index (χ2n) is 22.9. The Morgan fingerprint density at radius 1 is 0.202 bits per heavy atom. The molecule has 18 rings (SSSR count). The van der Waals surface area contributed by atoms with Crippen molar-refractivity contribution in [1.29, 1.82) is 0 Å². The highest BCUT2D eigenvalue weighted by Crippen LogP contribution is 2.52. The molecule has 18 aromatic rings. The van der Waals surface area contributed by atoms with Crippen LogP contribution in [0.15, 0.2) is 292 Å². The molecule has 0 unspecified atom stereocenters. The van der Waals surface area contributed by atoms with Crippen LogP contribution < -0.4 is 0 Å². The van der Waals surface area contributed by atoms with Crippen molar-refractivity contribution in [3.8, 4) is 78.4 Å². The van der Waals surface area contributed by atoms with Gasteiger partial charge in [0.15, 0.2) is 0 Å². The third-order valence-electron chi connectivity index (χ3n) is 18.2. The van der Waals surface area contributed by atoms with Crippen molar-refractivity contribution >= 4 is 87.2 Å². The van der Waals surface area contributed by atoms with Crippen LogP contribution in [-0.4, -0.2) is 43.2 Å². The Kier molecular flexibility index (Phi) is 11.3. The van der Waals surface area contributed by atoms with Gasteiger partial charge in [-0.2, -0.15) is 0 Å². The minimum atomic E-state index is 1.00. The van der Waals surface area contributed by atoms with Gasteiger partial charge < -0.3 is 18.3 Å². The summed E-state index contributed by atoms with van der Waals surface area (Å²) in [5.41, 5.74) is 24.7. The zero-order chi connectivity index (χ0) is 58.7. The lowest BCUT2D eigenvalue weighted by atomic mass is 9.94. The van der Waals surface area contributed by atoms with E-state index in [0.717, 1.165) is 150 Å². The van der Waals surface area contributed by atoms with E-state index in [1.165, 1.54) is 21.5 Å². The second kappa shape index (κ2) is 20.0. The number of aromatic nitrogens is 9. The molecule has 0 atom stereocenters. The van der Waals surface area contributed by atoms with Crippen molar-refractivity contribution < 1.29 is 0 Å². The van der Waals surface area contributed by atoms with Crippen LogP contribution in [0.25, 0.3) is 166 Å². The SMILES string of the molecule is Cc1c(-n2c3ccccc3c3ccccc32)c(-n2c3ccc(-c4ccncc4)cc3c3cc(-c4ccncc4)ccc32)c(-c2ccncc2)c(-n2c3ccc(-c4ccncc4)cc3c3cc(-c4ccncc4)ccc32)c1-n1c2ccccc2c2ccccc21. The van der Waals surface area contributed by atoms with Gasteiger partial charge >= 0.3 is 0 Å². The summed E-state index contributed by atoms with van der Waals surface area (Å²) < 4.78 is 10.3. The summed E-state index contributed by atoms with van der Waals surface area (Å²) in [4.78, 5) is 22.5. The van der Waals surface area contributed by atoms with Gasteiger partial charge in [0.1, 0.15) is 0 Å². The fourth-order valence-corrected chi connectivity index (χ4v) is 14.3. The lowest BCUT2D eigenvalue weighted by Gasteiger charge is -2.30. The predicted molar refractivity (Wildman–Crippen MR) is 365 cm³/mol. The quantitative estimate of drug-likeness (QED) is 0.144. The van der Waals surface area contributed by atoms with E-state index in [4.69, 9.17) is 4.98 Å². The van der Waals surface area contributed by atoms with Gasteiger partial charge in [0, 0.05) is 116 Å². The number of fused-ring (bicyclic) bond motifs is 12. The van der Waals surface area contributed by atoms with Crippen molar-refractivity contribution in [3.05, 3.63) is 298 Å². The molecule has 0 amide bonds. The maximum Gasteiger partial charge on any atom is 0.0807 e. The summed E-state index contributed by atoms with van der Waals surface area (Å²) in [5.74, 6) is 0. The summed E-state index contributed by atoms with van der Waals surface area (Å²) in [7, 11) is 0. The van der Waals surface area contributed by atoms with Gasteiger partial charge in [-0.25, -0.2) is 0 Å². The van der Waals surface area contributed by atoms with Crippen LogP contribution in [0.4, 0.5) is 0 Å². The number of nitrogens with zero attached hydrogens (tertiary/aromatic N) is 9. The molecule has 0 radical (unpaired) electrons. The van der Waals surface area contributed by atoms with Crippen LogP contribution in [0.5, 0.6) is 0 Å². The van der Waals surface area contributed by atoms with E-state index in [1.54, 1.807) is 0 Å². The lowest BCUT2D eigenvalue weighted by molar-refractivity contribution is 1.02. The molecule has 0 fully saturated rings. The van der Waals surface area contributed by atoms with Gasteiger partial charge in [0.2, 0.25) is 0 Å². The average molecular weight is 1140 g/mol. The van der Waals surface area contributed by atoms with Gasteiger partial charge in [0.05, 0.1) is 66.9 Å². The van der Waals surface area contributed by atoms with E-state index in [9.17, 15) is 0 Å². The maximum atomic E-state index is 4.79. The van der Waals surface area contributed by atoms with Crippen molar-refractivity contribution in [2.75, 3.05) is 0 Å². The molecule has 0 spiro atoms. The number of pyridine rings is 5. The van der Waals surface area contributed by atoms with E-state index in [0.29, 0.717) is 0 Å². The van der Waals surface area contributed by atoms with E-state index in [2.05, 4.69) is 276 Å². The molecular formula is C80H51N9. The van der Waals surface area contributed by atoms with Gasteiger partial charge in [-0.15, -0.1) is 0 Å². The van der Waals surface area contributed by atoms with E-state index in [1.807, 2.05) is 62.0 Å². The standard InChI is InChI=1S/C80H51N9/c1-50-77(86-68-14-6-2-10-60(68)61-11-3-7-15-69(61)86)79(88-72-22-18-56(51-26-36-81-37-27-51)46-64(72)65-47-57(19-23-73(65)88)52-28-38-82-39-29-52)76(55-34-44-85-45-35-55)80(78(50)87-70-16-8-4-12-62(70)63-13-5-9-17-71(63)87)89-74-24-20-58(53-30-40-83-41-31-53)48-66(74)67-49-59(21-25-75(67)89)54-32-42-84-43-33-54/h2-49H,1H3. The topological polar surface area (TPSA) is 84.2 Å². The van der Waals surface area contributed by atoms with Gasteiger partial charge in [-0.1, -0.05) is 97.1 Å². The zero-order valence-electron chi connectivity index (χ0n) is 48.2. The van der Waals surface area contributed by atoms with Crippen LogP contribution in [0.3, 0.4) is 0 Å². The Labute approximate surface area is 511 Å².